The van der Waals surface area contributed by atoms with Crippen molar-refractivity contribution in [2.75, 3.05) is 17.5 Å². The van der Waals surface area contributed by atoms with Gasteiger partial charge < -0.3 is 15.8 Å². The van der Waals surface area contributed by atoms with Gasteiger partial charge in [-0.05, 0) is 99.0 Å². The molecule has 2 aliphatic carbocycles. The van der Waals surface area contributed by atoms with E-state index in [0.717, 1.165) is 29.7 Å². The summed E-state index contributed by atoms with van der Waals surface area (Å²) in [5.41, 5.74) is 3.90. The Morgan fingerprint density at radius 3 is 2.42 bits per heavy atom. The fourth-order valence-electron chi connectivity index (χ4n) is 6.79. The minimum Gasteiger partial charge on any atom is -0.397 e. The van der Waals surface area contributed by atoms with Gasteiger partial charge >= 0.3 is 0 Å². The summed E-state index contributed by atoms with van der Waals surface area (Å²) in [5, 5.41) is 7.98. The topological polar surface area (TPSA) is 110 Å². The zero-order valence-corrected chi connectivity index (χ0v) is 35.1. The number of carbonyl (C=O) groups excluding carboxylic acids is 1. The second kappa shape index (κ2) is 18.3. The average molecular weight is 898 g/mol. The second-order valence-electron chi connectivity index (χ2n) is 15.0. The largest absolute Gasteiger partial charge is 0.397 e. The van der Waals surface area contributed by atoms with E-state index in [1.54, 1.807) is 24.3 Å². The summed E-state index contributed by atoms with van der Waals surface area (Å²) in [6, 6.07) is 7.69. The molecule has 2 heterocycles. The van der Waals surface area contributed by atoms with Crippen molar-refractivity contribution in [3.8, 4) is 23.0 Å². The van der Waals surface area contributed by atoms with Gasteiger partial charge in [-0.15, -0.1) is 11.8 Å². The normalized spacial score (nSPS) is 18.6. The van der Waals surface area contributed by atoms with Crippen LogP contribution in [0.4, 0.5) is 40.9 Å². The Morgan fingerprint density at radius 1 is 1.10 bits per heavy atom. The first-order valence-electron chi connectivity index (χ1n) is 18.7. The van der Waals surface area contributed by atoms with E-state index in [-0.39, 0.29) is 45.3 Å². The maximum Gasteiger partial charge on any atom is 0.290 e. The highest BCUT2D eigenvalue weighted by Crippen LogP contribution is 2.44. The Morgan fingerprint density at radius 2 is 1.78 bits per heavy atom. The first kappa shape index (κ1) is 45.1. The molecular formula is C41H40ClF8N7OS2. The molecule has 4 aromatic rings. The van der Waals surface area contributed by atoms with Crippen molar-refractivity contribution < 1.29 is 39.9 Å². The number of aliphatic imine (C=N–C) groups is 1. The third-order valence-electron chi connectivity index (χ3n) is 9.83. The smallest absolute Gasteiger partial charge is 0.290 e. The van der Waals surface area contributed by atoms with Crippen molar-refractivity contribution in [1.29, 1.82) is 0 Å². The third-order valence-corrected chi connectivity index (χ3v) is 12.4. The summed E-state index contributed by atoms with van der Waals surface area (Å²) >= 11 is 9.58. The van der Waals surface area contributed by atoms with Crippen molar-refractivity contribution in [2.24, 2.45) is 16.6 Å². The summed E-state index contributed by atoms with van der Waals surface area (Å²) in [4.78, 5) is 22.4. The molecule has 2 fully saturated rings. The van der Waals surface area contributed by atoms with E-state index in [1.807, 2.05) is 20.1 Å². The molecule has 6 rings (SSSR count). The number of nitrogens with two attached hydrogens (primary N) is 1. The second-order valence-corrected chi connectivity index (χ2v) is 17.9. The number of aromatic nitrogens is 3. The van der Waals surface area contributed by atoms with Crippen LogP contribution in [-0.2, 0) is 17.8 Å². The molecular weight excluding hydrogens is 858 g/mol. The Hall–Kier alpha value is -4.47. The van der Waals surface area contributed by atoms with Gasteiger partial charge in [-0.25, -0.2) is 31.3 Å². The van der Waals surface area contributed by atoms with Gasteiger partial charge in [0.1, 0.15) is 36.1 Å². The van der Waals surface area contributed by atoms with Crippen molar-refractivity contribution >= 4 is 63.7 Å². The minimum absolute atomic E-state index is 0.0482. The first-order chi connectivity index (χ1) is 28.3. The number of halogens is 9. The average Bonchev–Trinajstić information content (AvgIpc) is 3.88. The van der Waals surface area contributed by atoms with Gasteiger partial charge in [0.2, 0.25) is 5.91 Å². The lowest BCUT2D eigenvalue weighted by Crippen LogP contribution is -2.34. The lowest BCUT2D eigenvalue weighted by molar-refractivity contribution is -0.120. The van der Waals surface area contributed by atoms with E-state index < -0.39 is 89.5 Å². The summed E-state index contributed by atoms with van der Waals surface area (Å²) in [7, 11) is 0. The fourth-order valence-corrected chi connectivity index (χ4v) is 7.97. The Labute approximate surface area is 354 Å². The Balaban J connectivity index is 1.53. The number of rotatable bonds is 14. The van der Waals surface area contributed by atoms with Crippen LogP contribution in [0, 0.1) is 29.4 Å². The molecule has 0 aliphatic heterocycles. The molecule has 60 heavy (non-hydrogen) atoms. The number of allylic oxidation sites excluding steroid dienone is 2. The molecule has 0 bridgehead atoms. The van der Waals surface area contributed by atoms with Crippen molar-refractivity contribution in [3.63, 3.8) is 0 Å². The number of alkyl halides is 6. The number of carbonyl (C=O) groups is 1. The van der Waals surface area contributed by atoms with Gasteiger partial charge in [0.05, 0.1) is 38.1 Å². The third kappa shape index (κ3) is 10.5. The molecule has 0 saturated heterocycles. The highest BCUT2D eigenvalue weighted by Gasteiger charge is 2.49. The van der Waals surface area contributed by atoms with Gasteiger partial charge in [-0.2, -0.15) is 13.9 Å². The number of nitrogens with zero attached hydrogens (tertiary/aromatic N) is 4. The molecule has 4 N–H and O–H groups in total. The van der Waals surface area contributed by atoms with Gasteiger partial charge in [0, 0.05) is 34.4 Å². The van der Waals surface area contributed by atoms with Gasteiger partial charge in [0.15, 0.2) is 5.82 Å². The summed E-state index contributed by atoms with van der Waals surface area (Å²) in [6.07, 6.45) is -3.49. The van der Waals surface area contributed by atoms with E-state index in [9.17, 15) is 31.1 Å². The number of thioether (sulfide) groups is 1. The Kier molecular flexibility index (Phi) is 13.7. The molecule has 8 nitrogen and oxygen atoms in total. The predicted molar refractivity (Wildman–Crippen MR) is 222 cm³/mol. The van der Waals surface area contributed by atoms with E-state index in [2.05, 4.69) is 32.0 Å². The molecule has 19 heteroatoms. The number of pyridine rings is 1. The van der Waals surface area contributed by atoms with Crippen molar-refractivity contribution in [2.45, 2.75) is 87.8 Å². The van der Waals surface area contributed by atoms with Crippen molar-refractivity contribution in [3.05, 3.63) is 87.3 Å². The molecule has 2 saturated carbocycles. The quantitative estimate of drug-likeness (QED) is 0.0657. The minimum atomic E-state index is -3.68. The number of fused-ring (bicyclic) bond motifs is 1. The summed E-state index contributed by atoms with van der Waals surface area (Å²) in [6.45, 7) is 3.26. The number of benzene rings is 2. The van der Waals surface area contributed by atoms with E-state index >= 15 is 8.78 Å². The zero-order chi connectivity index (χ0) is 43.7. The van der Waals surface area contributed by atoms with Crippen LogP contribution >= 0.6 is 35.3 Å². The highest BCUT2D eigenvalue weighted by atomic mass is 35.5. The molecule has 2 atom stereocenters. The maximum atomic E-state index is 15.1. The molecule has 320 valence electrons. The van der Waals surface area contributed by atoms with E-state index in [0.29, 0.717) is 22.3 Å². The van der Waals surface area contributed by atoms with E-state index in [1.165, 1.54) is 30.6 Å². The number of anilines is 1. The van der Waals surface area contributed by atoms with Crippen LogP contribution in [0.5, 0.6) is 0 Å². The maximum absolute atomic E-state index is 15.1. The first-order valence-corrected chi connectivity index (χ1v) is 21.2. The molecule has 1 unspecified atom stereocenters. The number of nitrogens with one attached hydrogen (secondary N) is 2. The monoisotopic (exact) mass is 897 g/mol. The highest BCUT2D eigenvalue weighted by molar-refractivity contribution is 8.01. The molecule has 2 aliphatic rings. The van der Waals surface area contributed by atoms with Crippen LogP contribution in [-0.4, -0.2) is 68.0 Å². The standard InChI is InChI=1S/C41H40ClF8N7OS2/c1-20-17-41(49,50)37(32(20)34(51)38(47)48)52-18-31(58)54-29(15-21-13-22(43)16-23(44)14-21)35-26(8-5-24(53-35)11-12-40(2,3)59-4)27-9-10-28(42)33-36(27)57(19-30(45)46)55-39(33)56-60-25-6-7-25/h5,8-10,13-14,16,20,25,29-30,38H,6-7,15,17-19,51H2,1-4H3,(H,54,58)(H,55,56)/b34-32-,52-37?/t20-,29?/m0/s1. The predicted octanol–water partition coefficient (Wildman–Crippen LogP) is 10.0. The van der Waals surface area contributed by atoms with Crippen molar-refractivity contribution in [1.82, 2.24) is 20.1 Å². The summed E-state index contributed by atoms with van der Waals surface area (Å²) < 4.78 is 119. The van der Waals surface area contributed by atoms with Crippen LogP contribution < -0.4 is 15.8 Å². The SMILES string of the molecule is CSC(C)(C)C#Cc1ccc(-c2ccc(Cl)c3c(NSC4CC4)nn(CC(F)F)c23)c(C(Cc2cc(F)cc(F)c2)NC(=O)CN=C2/C(=C(\N)C(F)F)[C@@H](C)CC2(F)F)n1. The Bertz CT molecular complexity index is 2390. The zero-order valence-electron chi connectivity index (χ0n) is 32.7. The molecule has 0 spiro atoms. The van der Waals surface area contributed by atoms with Crippen LogP contribution in [0.15, 0.2) is 58.7 Å². The molecule has 1 amide bonds. The summed E-state index contributed by atoms with van der Waals surface area (Å²) in [5.74, 6) is -1.23. The molecule has 2 aromatic carbocycles. The molecule has 0 radical (unpaired) electrons. The number of hydrogen-bond acceptors (Lipinski definition) is 8. The fraction of sp³-hybridized carbons (Fsp3) is 0.415. The van der Waals surface area contributed by atoms with Gasteiger partial charge in [-0.1, -0.05) is 30.5 Å². The lowest BCUT2D eigenvalue weighted by Gasteiger charge is -2.23. The van der Waals surface area contributed by atoms with Crippen LogP contribution in [0.2, 0.25) is 5.02 Å². The number of hydrogen-bond donors (Lipinski definition) is 3. The van der Waals surface area contributed by atoms with E-state index in [4.69, 9.17) is 22.3 Å². The van der Waals surface area contributed by atoms with Crippen LogP contribution in [0.25, 0.3) is 22.0 Å². The van der Waals surface area contributed by atoms with Crippen LogP contribution in [0.3, 0.4) is 0 Å². The van der Waals surface area contributed by atoms with Crippen LogP contribution in [0.1, 0.15) is 63.0 Å². The number of amides is 1. The van der Waals surface area contributed by atoms with Gasteiger partial charge in [0.25, 0.3) is 18.8 Å². The lowest BCUT2D eigenvalue weighted by atomic mass is 9.93. The molecule has 2 aromatic heterocycles. The van der Waals surface area contributed by atoms with Gasteiger partial charge in [-0.3, -0.25) is 14.5 Å².